The molecule has 4 nitrogen and oxygen atoms in total. The summed E-state index contributed by atoms with van der Waals surface area (Å²) in [5.74, 6) is -1.51. The number of sulfone groups is 1. The molecule has 2 rings (SSSR count). The van der Waals surface area contributed by atoms with Gasteiger partial charge in [0.25, 0.3) is 0 Å². The SMILES string of the molecule is O=C(O)C(CCc1ccccc1)C1CCS(=O)(=O)C1. The zero-order valence-corrected chi connectivity index (χ0v) is 11.5. The third-order valence-corrected chi connectivity index (χ3v) is 5.53. The Balaban J connectivity index is 2.00. The van der Waals surface area contributed by atoms with Crippen molar-refractivity contribution in [2.45, 2.75) is 19.3 Å². The van der Waals surface area contributed by atoms with Gasteiger partial charge in [-0.3, -0.25) is 4.79 Å². The number of carboxylic acids is 1. The molecule has 1 heterocycles. The number of hydrogen-bond acceptors (Lipinski definition) is 3. The summed E-state index contributed by atoms with van der Waals surface area (Å²) >= 11 is 0. The molecule has 1 aromatic rings. The van der Waals surface area contributed by atoms with Gasteiger partial charge in [-0.2, -0.15) is 0 Å². The van der Waals surface area contributed by atoms with Gasteiger partial charge < -0.3 is 5.11 Å². The number of rotatable bonds is 5. The molecular formula is C14H18O4S. The van der Waals surface area contributed by atoms with Crippen LogP contribution < -0.4 is 0 Å². The van der Waals surface area contributed by atoms with Crippen molar-refractivity contribution in [1.29, 1.82) is 0 Å². The minimum absolute atomic E-state index is 0.0265. The van der Waals surface area contributed by atoms with Crippen LogP contribution in [0.25, 0.3) is 0 Å². The van der Waals surface area contributed by atoms with Crippen LogP contribution in [-0.4, -0.2) is 31.0 Å². The maximum Gasteiger partial charge on any atom is 0.306 e. The van der Waals surface area contributed by atoms with Gasteiger partial charge in [0, 0.05) is 0 Å². The van der Waals surface area contributed by atoms with Crippen LogP contribution in [0.2, 0.25) is 0 Å². The first-order valence-corrected chi connectivity index (χ1v) is 8.27. The van der Waals surface area contributed by atoms with Crippen molar-refractivity contribution in [2.24, 2.45) is 11.8 Å². The Morgan fingerprint density at radius 3 is 2.53 bits per heavy atom. The van der Waals surface area contributed by atoms with E-state index in [0.29, 0.717) is 19.3 Å². The molecule has 104 valence electrons. The number of carbonyl (C=O) groups is 1. The number of aliphatic carboxylic acids is 1. The average Bonchev–Trinajstić information content (AvgIpc) is 2.71. The van der Waals surface area contributed by atoms with Gasteiger partial charge in [-0.25, -0.2) is 8.42 Å². The summed E-state index contributed by atoms with van der Waals surface area (Å²) in [4.78, 5) is 11.3. The Hall–Kier alpha value is -1.36. The van der Waals surface area contributed by atoms with Gasteiger partial charge in [0.05, 0.1) is 17.4 Å². The Morgan fingerprint density at radius 2 is 2.00 bits per heavy atom. The van der Waals surface area contributed by atoms with Crippen LogP contribution in [0.3, 0.4) is 0 Å². The van der Waals surface area contributed by atoms with Crippen LogP contribution in [0.5, 0.6) is 0 Å². The zero-order chi connectivity index (χ0) is 13.9. The summed E-state index contributed by atoms with van der Waals surface area (Å²) in [6.07, 6.45) is 1.65. The van der Waals surface area contributed by atoms with Crippen LogP contribution in [0, 0.1) is 11.8 Å². The molecule has 1 aromatic carbocycles. The Labute approximate surface area is 113 Å². The molecule has 0 amide bonds. The molecule has 1 aliphatic heterocycles. The van der Waals surface area contributed by atoms with Crippen molar-refractivity contribution in [2.75, 3.05) is 11.5 Å². The van der Waals surface area contributed by atoms with E-state index >= 15 is 0 Å². The number of aryl methyl sites for hydroxylation is 1. The lowest BCUT2D eigenvalue weighted by molar-refractivity contribution is -0.143. The third-order valence-electron chi connectivity index (χ3n) is 3.74. The molecule has 1 N–H and O–H groups in total. The summed E-state index contributed by atoms with van der Waals surface area (Å²) in [7, 11) is -3.02. The van der Waals surface area contributed by atoms with Crippen LogP contribution in [0.1, 0.15) is 18.4 Å². The highest BCUT2D eigenvalue weighted by Crippen LogP contribution is 2.29. The van der Waals surface area contributed by atoms with Gasteiger partial charge in [0.1, 0.15) is 0 Å². The van der Waals surface area contributed by atoms with Gasteiger partial charge in [-0.1, -0.05) is 30.3 Å². The Bertz CT molecular complexity index is 536. The highest BCUT2D eigenvalue weighted by molar-refractivity contribution is 7.91. The summed E-state index contributed by atoms with van der Waals surface area (Å²) < 4.78 is 22.9. The van der Waals surface area contributed by atoms with Crippen LogP contribution in [-0.2, 0) is 21.1 Å². The van der Waals surface area contributed by atoms with E-state index in [1.54, 1.807) is 0 Å². The standard InChI is InChI=1S/C14H18O4S/c15-14(16)13(12-8-9-19(17,18)10-12)7-6-11-4-2-1-3-5-11/h1-5,12-13H,6-10H2,(H,15,16). The monoisotopic (exact) mass is 282 g/mol. The predicted molar refractivity (Wildman–Crippen MR) is 72.6 cm³/mol. The lowest BCUT2D eigenvalue weighted by Gasteiger charge is -2.18. The maximum atomic E-state index is 11.4. The van der Waals surface area contributed by atoms with E-state index in [4.69, 9.17) is 0 Å². The molecule has 0 saturated carbocycles. The van der Waals surface area contributed by atoms with Crippen molar-refractivity contribution in [1.82, 2.24) is 0 Å². The van der Waals surface area contributed by atoms with Crippen LogP contribution >= 0.6 is 0 Å². The van der Waals surface area contributed by atoms with Crippen molar-refractivity contribution in [3.05, 3.63) is 35.9 Å². The minimum atomic E-state index is -3.02. The van der Waals surface area contributed by atoms with Gasteiger partial charge in [0.2, 0.25) is 0 Å². The van der Waals surface area contributed by atoms with Crippen molar-refractivity contribution in [3.8, 4) is 0 Å². The zero-order valence-electron chi connectivity index (χ0n) is 10.7. The molecule has 0 aromatic heterocycles. The molecule has 5 heteroatoms. The van der Waals surface area contributed by atoms with E-state index in [9.17, 15) is 18.3 Å². The van der Waals surface area contributed by atoms with Crippen molar-refractivity contribution >= 4 is 15.8 Å². The first kappa shape index (κ1) is 14.1. The quantitative estimate of drug-likeness (QED) is 0.893. The number of carboxylic acid groups (broad SMARTS) is 1. The molecular weight excluding hydrogens is 264 g/mol. The molecule has 1 saturated heterocycles. The molecule has 2 atom stereocenters. The van der Waals surface area contributed by atoms with Gasteiger partial charge >= 0.3 is 5.97 Å². The second-order valence-electron chi connectivity index (χ2n) is 5.13. The van der Waals surface area contributed by atoms with E-state index in [2.05, 4.69) is 0 Å². The smallest absolute Gasteiger partial charge is 0.306 e. The number of benzene rings is 1. The Morgan fingerprint density at radius 1 is 1.32 bits per heavy atom. The largest absolute Gasteiger partial charge is 0.481 e. The molecule has 0 radical (unpaired) electrons. The topological polar surface area (TPSA) is 71.4 Å². The molecule has 0 spiro atoms. The van der Waals surface area contributed by atoms with Gasteiger partial charge in [0.15, 0.2) is 9.84 Å². The fourth-order valence-electron chi connectivity index (χ4n) is 2.67. The summed E-state index contributed by atoms with van der Waals surface area (Å²) in [5, 5.41) is 9.29. The molecule has 19 heavy (non-hydrogen) atoms. The first-order valence-electron chi connectivity index (χ1n) is 6.45. The molecule has 1 fully saturated rings. The summed E-state index contributed by atoms with van der Waals surface area (Å²) in [6, 6.07) is 9.69. The van der Waals surface area contributed by atoms with Gasteiger partial charge in [-0.05, 0) is 30.7 Å². The normalized spacial score (nSPS) is 23.1. The average molecular weight is 282 g/mol. The van der Waals surface area contributed by atoms with E-state index in [1.165, 1.54) is 0 Å². The van der Waals surface area contributed by atoms with Crippen LogP contribution in [0.15, 0.2) is 30.3 Å². The maximum absolute atomic E-state index is 11.4. The summed E-state index contributed by atoms with van der Waals surface area (Å²) in [6.45, 7) is 0. The third kappa shape index (κ3) is 3.80. The fraction of sp³-hybridized carbons (Fsp3) is 0.500. The fourth-order valence-corrected chi connectivity index (χ4v) is 4.55. The number of hydrogen-bond donors (Lipinski definition) is 1. The Kier molecular flexibility index (Phi) is 4.24. The lowest BCUT2D eigenvalue weighted by Crippen LogP contribution is -2.25. The predicted octanol–water partition coefficient (Wildman–Crippen LogP) is 1.75. The highest BCUT2D eigenvalue weighted by atomic mass is 32.2. The second-order valence-corrected chi connectivity index (χ2v) is 7.36. The lowest BCUT2D eigenvalue weighted by atomic mass is 9.87. The van der Waals surface area contributed by atoms with Crippen molar-refractivity contribution in [3.63, 3.8) is 0 Å². The van der Waals surface area contributed by atoms with E-state index < -0.39 is 21.7 Å². The minimum Gasteiger partial charge on any atom is -0.481 e. The molecule has 2 unspecified atom stereocenters. The molecule has 0 aliphatic carbocycles. The summed E-state index contributed by atoms with van der Waals surface area (Å²) in [5.41, 5.74) is 1.09. The van der Waals surface area contributed by atoms with E-state index in [1.807, 2.05) is 30.3 Å². The van der Waals surface area contributed by atoms with Gasteiger partial charge in [-0.15, -0.1) is 0 Å². The molecule has 1 aliphatic rings. The second kappa shape index (κ2) is 5.74. The molecule has 0 bridgehead atoms. The van der Waals surface area contributed by atoms with Crippen molar-refractivity contribution < 1.29 is 18.3 Å². The van der Waals surface area contributed by atoms with Crippen LogP contribution in [0.4, 0.5) is 0 Å². The van der Waals surface area contributed by atoms with E-state index in [0.717, 1.165) is 5.56 Å². The van der Waals surface area contributed by atoms with E-state index in [-0.39, 0.29) is 17.4 Å². The highest BCUT2D eigenvalue weighted by Gasteiger charge is 2.36. The first-order chi connectivity index (χ1) is 8.98.